The number of nitrogens with one attached hydrogen (secondary N) is 1. The van der Waals surface area contributed by atoms with Gasteiger partial charge in [0.2, 0.25) is 0 Å². The van der Waals surface area contributed by atoms with Crippen LogP contribution in [0.5, 0.6) is 5.75 Å². The molecule has 0 spiro atoms. The number of nitrogens with zero attached hydrogens (tertiary/aromatic N) is 2. The lowest BCUT2D eigenvalue weighted by atomic mass is 10.0. The van der Waals surface area contributed by atoms with Crippen molar-refractivity contribution in [3.63, 3.8) is 0 Å². The minimum atomic E-state index is -3.59. The van der Waals surface area contributed by atoms with Gasteiger partial charge in [0.15, 0.2) is 0 Å². The lowest BCUT2D eigenvalue weighted by Gasteiger charge is -2.37. The van der Waals surface area contributed by atoms with Crippen LogP contribution in [0.3, 0.4) is 0 Å². The van der Waals surface area contributed by atoms with Crippen LogP contribution in [0.15, 0.2) is 22.6 Å². The van der Waals surface area contributed by atoms with Gasteiger partial charge in [0.1, 0.15) is 18.2 Å². The van der Waals surface area contributed by atoms with Gasteiger partial charge in [-0.1, -0.05) is 12.1 Å². The highest BCUT2D eigenvalue weighted by Crippen LogP contribution is 2.29. The van der Waals surface area contributed by atoms with Crippen LogP contribution in [0.2, 0.25) is 0 Å². The van der Waals surface area contributed by atoms with Gasteiger partial charge in [0, 0.05) is 12.1 Å². The molecule has 1 aromatic rings. The Bertz CT molecular complexity index is 890. The second-order valence-electron chi connectivity index (χ2n) is 8.33. The smallest absolute Gasteiger partial charge is 0.318 e. The second kappa shape index (κ2) is 7.62. The van der Waals surface area contributed by atoms with Gasteiger partial charge in [-0.2, -0.15) is 0 Å². The van der Waals surface area contributed by atoms with E-state index in [2.05, 4.69) is 9.71 Å². The van der Waals surface area contributed by atoms with Gasteiger partial charge in [0.05, 0.1) is 17.4 Å². The Kier molecular flexibility index (Phi) is 5.56. The second-order valence-corrected chi connectivity index (χ2v) is 9.96. The van der Waals surface area contributed by atoms with E-state index < -0.39 is 10.0 Å². The van der Waals surface area contributed by atoms with Crippen molar-refractivity contribution in [2.45, 2.75) is 57.4 Å². The van der Waals surface area contributed by atoms with E-state index in [0.717, 1.165) is 19.3 Å². The van der Waals surface area contributed by atoms with Crippen LogP contribution in [0.4, 0.5) is 4.79 Å². The van der Waals surface area contributed by atoms with Gasteiger partial charge in [-0.15, -0.1) is 4.40 Å². The molecule has 0 bridgehead atoms. The Morgan fingerprint density at radius 2 is 2.11 bits per heavy atom. The number of urea groups is 1. The van der Waals surface area contributed by atoms with Crippen LogP contribution in [0.25, 0.3) is 0 Å². The number of nitrogens with two attached hydrogens (primary N) is 1. The third kappa shape index (κ3) is 4.76. The molecule has 154 valence electrons. The standard InChI is InChI=1S/C19H28N4O4S/c1-19(2,3)21-18(24)23-10-5-4-8-14(23)11-27-15-9-6-7-13-12-28(25,26)22-17(20)16(13)15/h6-7,9,14H,4-5,8,10-12H2,1-3H3,(H2,20,22)(H,21,24)/t14-/m1/s1. The van der Waals surface area contributed by atoms with E-state index in [1.165, 1.54) is 0 Å². The number of piperidine rings is 1. The highest BCUT2D eigenvalue weighted by molar-refractivity contribution is 7.89. The summed E-state index contributed by atoms with van der Waals surface area (Å²) in [6, 6.07) is 5.06. The van der Waals surface area contributed by atoms with Crippen LogP contribution < -0.4 is 15.8 Å². The molecular weight excluding hydrogens is 380 g/mol. The Labute approximate surface area is 166 Å². The van der Waals surface area contributed by atoms with Gasteiger partial charge in [-0.25, -0.2) is 13.2 Å². The quantitative estimate of drug-likeness (QED) is 0.794. The predicted molar refractivity (Wildman–Crippen MR) is 108 cm³/mol. The molecule has 1 saturated heterocycles. The molecule has 2 amide bonds. The molecule has 3 rings (SSSR count). The van der Waals surface area contributed by atoms with E-state index in [-0.39, 0.29) is 29.2 Å². The molecule has 28 heavy (non-hydrogen) atoms. The molecule has 3 N–H and O–H groups in total. The Hall–Kier alpha value is -2.29. The number of rotatable bonds is 3. The molecule has 9 heteroatoms. The summed E-state index contributed by atoms with van der Waals surface area (Å²) in [6.07, 6.45) is 2.85. The molecule has 0 saturated carbocycles. The van der Waals surface area contributed by atoms with E-state index >= 15 is 0 Å². The molecule has 0 aromatic heterocycles. The number of hydrogen-bond donors (Lipinski definition) is 2. The van der Waals surface area contributed by atoms with Crippen molar-refractivity contribution < 1.29 is 17.9 Å². The summed E-state index contributed by atoms with van der Waals surface area (Å²) in [5.41, 5.74) is 6.69. The number of ether oxygens (including phenoxy) is 1. The summed E-state index contributed by atoms with van der Waals surface area (Å²) in [5, 5.41) is 3.01. The number of amides is 2. The SMILES string of the molecule is CC(C)(C)NC(=O)N1CCCC[C@@H]1COc1cccc2c1C(N)=NS(=O)(=O)C2. The third-order valence-electron chi connectivity index (χ3n) is 4.75. The topological polar surface area (TPSA) is 114 Å². The lowest BCUT2D eigenvalue weighted by molar-refractivity contribution is 0.112. The van der Waals surface area contributed by atoms with Gasteiger partial charge < -0.3 is 20.7 Å². The third-order valence-corrected chi connectivity index (χ3v) is 5.90. The lowest BCUT2D eigenvalue weighted by Crippen LogP contribution is -2.54. The first-order valence-corrected chi connectivity index (χ1v) is 11.1. The number of carbonyl (C=O) groups excluding carboxylic acids is 1. The first kappa shape index (κ1) is 20.4. The zero-order valence-electron chi connectivity index (χ0n) is 16.6. The van der Waals surface area contributed by atoms with E-state index in [4.69, 9.17) is 10.5 Å². The van der Waals surface area contributed by atoms with Crippen LogP contribution in [0, 0.1) is 0 Å². The van der Waals surface area contributed by atoms with Crippen molar-refractivity contribution in [1.82, 2.24) is 10.2 Å². The fourth-order valence-corrected chi connectivity index (χ4v) is 4.64. The Balaban J connectivity index is 1.76. The van der Waals surface area contributed by atoms with Gasteiger partial charge in [-0.05, 0) is 51.7 Å². The van der Waals surface area contributed by atoms with Gasteiger partial charge in [0.25, 0.3) is 10.0 Å². The maximum atomic E-state index is 12.6. The fourth-order valence-electron chi connectivity index (χ4n) is 3.55. The summed E-state index contributed by atoms with van der Waals surface area (Å²) >= 11 is 0. The van der Waals surface area contributed by atoms with Crippen LogP contribution in [-0.2, 0) is 15.8 Å². The highest BCUT2D eigenvalue weighted by Gasteiger charge is 2.30. The van der Waals surface area contributed by atoms with Crippen molar-refractivity contribution in [2.75, 3.05) is 13.2 Å². The molecule has 2 aliphatic rings. The first-order chi connectivity index (χ1) is 13.1. The predicted octanol–water partition coefficient (Wildman–Crippen LogP) is 1.98. The summed E-state index contributed by atoms with van der Waals surface area (Å²) in [4.78, 5) is 14.5. The molecule has 0 aliphatic carbocycles. The Morgan fingerprint density at radius 1 is 1.36 bits per heavy atom. The van der Waals surface area contributed by atoms with Crippen molar-refractivity contribution in [2.24, 2.45) is 10.1 Å². The molecule has 0 radical (unpaired) electrons. The molecule has 2 aliphatic heterocycles. The van der Waals surface area contributed by atoms with Crippen molar-refractivity contribution >= 4 is 21.9 Å². The molecule has 1 fully saturated rings. The molecular formula is C19H28N4O4S. The summed E-state index contributed by atoms with van der Waals surface area (Å²) < 4.78 is 33.2. The zero-order valence-corrected chi connectivity index (χ0v) is 17.4. The average Bonchev–Trinajstić information content (AvgIpc) is 2.57. The number of hydrogen-bond acceptors (Lipinski definition) is 5. The van der Waals surface area contributed by atoms with Crippen molar-refractivity contribution in [1.29, 1.82) is 0 Å². The van der Waals surface area contributed by atoms with E-state index in [1.807, 2.05) is 25.7 Å². The molecule has 8 nitrogen and oxygen atoms in total. The summed E-state index contributed by atoms with van der Waals surface area (Å²) in [5.74, 6) is 0.252. The van der Waals surface area contributed by atoms with E-state index in [0.29, 0.717) is 30.0 Å². The molecule has 1 atom stereocenters. The van der Waals surface area contributed by atoms with Crippen LogP contribution in [-0.4, -0.2) is 49.9 Å². The monoisotopic (exact) mass is 408 g/mol. The first-order valence-electron chi connectivity index (χ1n) is 9.48. The molecule has 2 heterocycles. The Morgan fingerprint density at radius 3 is 2.82 bits per heavy atom. The number of fused-ring (bicyclic) bond motifs is 1. The van der Waals surface area contributed by atoms with Gasteiger partial charge in [-0.3, -0.25) is 0 Å². The molecule has 1 aromatic carbocycles. The van der Waals surface area contributed by atoms with Crippen LogP contribution in [0.1, 0.15) is 51.2 Å². The van der Waals surface area contributed by atoms with E-state index in [9.17, 15) is 13.2 Å². The minimum Gasteiger partial charge on any atom is -0.491 e. The van der Waals surface area contributed by atoms with Crippen molar-refractivity contribution in [3.05, 3.63) is 29.3 Å². The van der Waals surface area contributed by atoms with E-state index in [1.54, 1.807) is 18.2 Å². The minimum absolute atomic E-state index is 0.0529. The number of sulfonamides is 1. The highest BCUT2D eigenvalue weighted by atomic mass is 32.2. The maximum absolute atomic E-state index is 12.6. The normalized spacial score (nSPS) is 21.5. The number of likely N-dealkylation sites (tertiary alicyclic amines) is 1. The fraction of sp³-hybridized carbons (Fsp3) is 0.579. The number of benzene rings is 1. The van der Waals surface area contributed by atoms with Gasteiger partial charge >= 0.3 is 6.03 Å². The largest absolute Gasteiger partial charge is 0.491 e. The maximum Gasteiger partial charge on any atom is 0.318 e. The zero-order chi connectivity index (χ0) is 20.5. The number of amidine groups is 1. The number of carbonyl (C=O) groups is 1. The van der Waals surface area contributed by atoms with Crippen molar-refractivity contribution in [3.8, 4) is 5.75 Å². The van der Waals surface area contributed by atoms with Crippen LogP contribution >= 0.6 is 0 Å². The molecule has 0 unspecified atom stereocenters. The summed E-state index contributed by atoms with van der Waals surface area (Å²) in [6.45, 7) is 6.85. The summed E-state index contributed by atoms with van der Waals surface area (Å²) in [7, 11) is -3.59. The average molecular weight is 409 g/mol.